The van der Waals surface area contributed by atoms with Gasteiger partial charge in [-0.2, -0.15) is 0 Å². The maximum absolute atomic E-state index is 6.15. The molecule has 7 heteroatoms. The molecule has 27 heavy (non-hydrogen) atoms. The van der Waals surface area contributed by atoms with E-state index < -0.39 is 0 Å². The number of anilines is 1. The van der Waals surface area contributed by atoms with Gasteiger partial charge in [0, 0.05) is 17.1 Å². The van der Waals surface area contributed by atoms with Gasteiger partial charge in [-0.1, -0.05) is 25.6 Å². The maximum Gasteiger partial charge on any atom is 0.190 e. The number of ether oxygens (including phenoxy) is 1. The summed E-state index contributed by atoms with van der Waals surface area (Å²) in [6.07, 6.45) is 4.69. The number of thiophene rings is 1. The molecule has 0 bridgehead atoms. The molecule has 3 aromatic heterocycles. The first-order valence-corrected chi connectivity index (χ1v) is 11.3. The molecule has 4 heterocycles. The van der Waals surface area contributed by atoms with Crippen LogP contribution in [-0.4, -0.2) is 21.3 Å². The molecule has 0 spiro atoms. The van der Waals surface area contributed by atoms with E-state index >= 15 is 0 Å². The Kier molecular flexibility index (Phi) is 5.43. The minimum atomic E-state index is -0.116. The lowest BCUT2D eigenvalue weighted by molar-refractivity contribution is -0.0542. The first-order chi connectivity index (χ1) is 13.1. The number of fused-ring (bicyclic) bond motifs is 3. The molecule has 3 aromatic rings. The molecule has 0 saturated carbocycles. The largest absolute Gasteiger partial charge is 0.467 e. The molecule has 1 aliphatic rings. The highest BCUT2D eigenvalue weighted by Gasteiger charge is 2.33. The predicted molar refractivity (Wildman–Crippen MR) is 112 cm³/mol. The summed E-state index contributed by atoms with van der Waals surface area (Å²) < 4.78 is 11.6. The van der Waals surface area contributed by atoms with Crippen molar-refractivity contribution in [3.8, 4) is 0 Å². The molecule has 0 aliphatic carbocycles. The third-order valence-corrected chi connectivity index (χ3v) is 7.16. The summed E-state index contributed by atoms with van der Waals surface area (Å²) in [5.74, 6) is 2.83. The molecule has 0 unspecified atom stereocenters. The Hall–Kier alpha value is -1.57. The van der Waals surface area contributed by atoms with E-state index in [4.69, 9.17) is 19.1 Å². The van der Waals surface area contributed by atoms with Gasteiger partial charge < -0.3 is 14.5 Å². The minimum absolute atomic E-state index is 0.116. The zero-order valence-corrected chi connectivity index (χ0v) is 17.6. The summed E-state index contributed by atoms with van der Waals surface area (Å²) in [5, 5.41) is 5.49. The van der Waals surface area contributed by atoms with Gasteiger partial charge in [-0.25, -0.2) is 9.97 Å². The molecule has 1 aliphatic heterocycles. The van der Waals surface area contributed by atoms with Crippen LogP contribution in [0.5, 0.6) is 0 Å². The summed E-state index contributed by atoms with van der Waals surface area (Å²) in [6, 6.07) is 3.88. The van der Waals surface area contributed by atoms with Crippen molar-refractivity contribution in [1.82, 2.24) is 9.97 Å². The second-order valence-electron chi connectivity index (χ2n) is 7.09. The summed E-state index contributed by atoms with van der Waals surface area (Å²) in [6.45, 7) is 7.83. The van der Waals surface area contributed by atoms with Gasteiger partial charge in [0.1, 0.15) is 16.4 Å². The van der Waals surface area contributed by atoms with Gasteiger partial charge in [0.05, 0.1) is 30.4 Å². The SMILES string of the molecule is CCCSc1nc(NCc2ccco2)c2c3c(sc2n1)CO[C@](C)(CC)C3. The summed E-state index contributed by atoms with van der Waals surface area (Å²) in [7, 11) is 0. The highest BCUT2D eigenvalue weighted by molar-refractivity contribution is 7.99. The van der Waals surface area contributed by atoms with Gasteiger partial charge in [0.25, 0.3) is 0 Å². The molecule has 0 aromatic carbocycles. The third kappa shape index (κ3) is 3.86. The van der Waals surface area contributed by atoms with Gasteiger partial charge in [-0.3, -0.25) is 0 Å². The standard InChI is InChI=1S/C20H25N3O2S2/c1-4-9-26-19-22-17(21-11-13-7-6-8-24-13)16-14-10-20(3,5-2)25-12-15(14)27-18(16)23-19/h6-8H,4-5,9-12H2,1-3H3,(H,21,22,23)/t20-/m1/s1. The number of furan rings is 1. The highest BCUT2D eigenvalue weighted by atomic mass is 32.2. The maximum atomic E-state index is 6.15. The number of nitrogens with one attached hydrogen (secondary N) is 1. The lowest BCUT2D eigenvalue weighted by Gasteiger charge is -2.33. The van der Waals surface area contributed by atoms with Crippen LogP contribution < -0.4 is 5.32 Å². The third-order valence-electron chi connectivity index (χ3n) is 5.01. The van der Waals surface area contributed by atoms with Crippen molar-refractivity contribution in [1.29, 1.82) is 0 Å². The van der Waals surface area contributed by atoms with Gasteiger partial charge in [-0.15, -0.1) is 11.3 Å². The number of aromatic nitrogens is 2. The highest BCUT2D eigenvalue weighted by Crippen LogP contribution is 2.42. The van der Waals surface area contributed by atoms with E-state index in [1.807, 2.05) is 12.1 Å². The first kappa shape index (κ1) is 18.8. The van der Waals surface area contributed by atoms with Gasteiger partial charge >= 0.3 is 0 Å². The van der Waals surface area contributed by atoms with Crippen LogP contribution in [0.4, 0.5) is 5.82 Å². The molecule has 0 amide bonds. The van der Waals surface area contributed by atoms with Crippen LogP contribution >= 0.6 is 23.1 Å². The summed E-state index contributed by atoms with van der Waals surface area (Å²) >= 11 is 3.46. The van der Waals surface area contributed by atoms with Gasteiger partial charge in [-0.05, 0) is 37.5 Å². The smallest absolute Gasteiger partial charge is 0.190 e. The quantitative estimate of drug-likeness (QED) is 0.407. The predicted octanol–water partition coefficient (Wildman–Crippen LogP) is 5.64. The van der Waals surface area contributed by atoms with E-state index in [1.54, 1.807) is 29.4 Å². The van der Waals surface area contributed by atoms with Crippen LogP contribution in [0.1, 0.15) is 49.8 Å². The van der Waals surface area contributed by atoms with E-state index in [9.17, 15) is 0 Å². The average Bonchev–Trinajstić information content (AvgIpc) is 3.31. The molecule has 0 fully saturated rings. The lowest BCUT2D eigenvalue weighted by atomic mass is 9.90. The van der Waals surface area contributed by atoms with Crippen molar-refractivity contribution in [2.24, 2.45) is 0 Å². The number of nitrogens with zero attached hydrogens (tertiary/aromatic N) is 2. The van der Waals surface area contributed by atoms with Crippen LogP contribution in [0.2, 0.25) is 0 Å². The van der Waals surface area contributed by atoms with Crippen LogP contribution in [0, 0.1) is 0 Å². The molecule has 144 valence electrons. The van der Waals surface area contributed by atoms with Crippen LogP contribution in [-0.2, 0) is 24.3 Å². The topological polar surface area (TPSA) is 60.2 Å². The van der Waals surface area contributed by atoms with E-state index in [0.29, 0.717) is 13.2 Å². The average molecular weight is 404 g/mol. The Bertz CT molecular complexity index is 923. The second-order valence-corrected chi connectivity index (χ2v) is 9.23. The summed E-state index contributed by atoms with van der Waals surface area (Å²) in [5.41, 5.74) is 1.23. The molecule has 0 radical (unpaired) electrons. The van der Waals surface area contributed by atoms with Crippen molar-refractivity contribution >= 4 is 39.1 Å². The van der Waals surface area contributed by atoms with Crippen LogP contribution in [0.15, 0.2) is 28.0 Å². The van der Waals surface area contributed by atoms with Crippen LogP contribution in [0.3, 0.4) is 0 Å². The number of thioether (sulfide) groups is 1. The summed E-state index contributed by atoms with van der Waals surface area (Å²) in [4.78, 5) is 12.0. The number of rotatable bonds is 7. The number of hydrogen-bond acceptors (Lipinski definition) is 7. The van der Waals surface area contributed by atoms with Crippen LogP contribution in [0.25, 0.3) is 10.2 Å². The normalized spacial score (nSPS) is 19.4. The van der Waals surface area contributed by atoms with E-state index in [0.717, 1.165) is 52.0 Å². The van der Waals surface area contributed by atoms with E-state index in [1.165, 1.54) is 10.4 Å². The monoisotopic (exact) mass is 403 g/mol. The minimum Gasteiger partial charge on any atom is -0.467 e. The second kappa shape index (κ2) is 7.81. The van der Waals surface area contributed by atoms with Crippen molar-refractivity contribution in [2.75, 3.05) is 11.1 Å². The molecular weight excluding hydrogens is 378 g/mol. The van der Waals surface area contributed by atoms with Gasteiger partial charge in [0.2, 0.25) is 0 Å². The van der Waals surface area contributed by atoms with E-state index in [2.05, 4.69) is 26.1 Å². The fourth-order valence-electron chi connectivity index (χ4n) is 3.25. The lowest BCUT2D eigenvalue weighted by Crippen LogP contribution is -2.33. The molecule has 4 rings (SSSR count). The molecular formula is C20H25N3O2S2. The van der Waals surface area contributed by atoms with Crippen molar-refractivity contribution < 1.29 is 9.15 Å². The van der Waals surface area contributed by atoms with Crippen molar-refractivity contribution in [3.63, 3.8) is 0 Å². The fourth-order valence-corrected chi connectivity index (χ4v) is 5.11. The van der Waals surface area contributed by atoms with Crippen molar-refractivity contribution in [2.45, 2.75) is 63.9 Å². The first-order valence-electron chi connectivity index (χ1n) is 9.47. The molecule has 0 saturated heterocycles. The molecule has 5 nitrogen and oxygen atoms in total. The fraction of sp³-hybridized carbons (Fsp3) is 0.500. The molecule has 1 atom stereocenters. The van der Waals surface area contributed by atoms with E-state index in [-0.39, 0.29) is 5.60 Å². The molecule has 1 N–H and O–H groups in total. The van der Waals surface area contributed by atoms with Gasteiger partial charge in [0.15, 0.2) is 5.16 Å². The Balaban J connectivity index is 1.75. The zero-order chi connectivity index (χ0) is 18.9. The van der Waals surface area contributed by atoms with Crippen molar-refractivity contribution in [3.05, 3.63) is 34.6 Å². The Morgan fingerprint density at radius 3 is 2.96 bits per heavy atom. The zero-order valence-electron chi connectivity index (χ0n) is 16.0. The Morgan fingerprint density at radius 1 is 1.33 bits per heavy atom. The number of hydrogen-bond donors (Lipinski definition) is 1. The Morgan fingerprint density at radius 2 is 2.22 bits per heavy atom. The Labute approximate surface area is 167 Å².